The molecule has 3 aromatic rings. The Labute approximate surface area is 173 Å². The first-order chi connectivity index (χ1) is 14.4. The summed E-state index contributed by atoms with van der Waals surface area (Å²) >= 11 is 0. The van der Waals surface area contributed by atoms with E-state index < -0.39 is 17.7 Å². The van der Waals surface area contributed by atoms with E-state index in [-0.39, 0.29) is 28.2 Å². The molecule has 4 rings (SSSR count). The van der Waals surface area contributed by atoms with E-state index >= 15 is 0 Å². The quantitative estimate of drug-likeness (QED) is 0.526. The molecule has 0 atom stereocenters. The number of carbonyl (C=O) groups is 4. The zero-order valence-corrected chi connectivity index (χ0v) is 16.4. The Hall–Kier alpha value is -4.06. The lowest BCUT2D eigenvalue weighted by Crippen LogP contribution is -2.29. The van der Waals surface area contributed by atoms with Crippen LogP contribution in [0.25, 0.3) is 0 Å². The van der Waals surface area contributed by atoms with Crippen molar-refractivity contribution in [2.75, 3.05) is 10.2 Å². The van der Waals surface area contributed by atoms with E-state index in [1.165, 1.54) is 13.0 Å². The van der Waals surface area contributed by atoms with Gasteiger partial charge in [0, 0.05) is 11.1 Å². The third-order valence-electron chi connectivity index (χ3n) is 5.10. The molecule has 0 fully saturated rings. The number of nitrogens with one attached hydrogen (secondary N) is 1. The zero-order valence-electron chi connectivity index (χ0n) is 16.4. The second-order valence-electron chi connectivity index (χ2n) is 7.00. The molecule has 0 bridgehead atoms. The van der Waals surface area contributed by atoms with Crippen LogP contribution in [-0.2, 0) is 0 Å². The van der Waals surface area contributed by atoms with Gasteiger partial charge < -0.3 is 5.32 Å². The Kier molecular flexibility index (Phi) is 4.75. The number of benzene rings is 3. The van der Waals surface area contributed by atoms with Crippen molar-refractivity contribution < 1.29 is 19.2 Å². The molecule has 0 aliphatic carbocycles. The molecule has 1 aliphatic heterocycles. The predicted octanol–water partition coefficient (Wildman–Crippen LogP) is 4.25. The number of nitrogens with zero attached hydrogens (tertiary/aromatic N) is 1. The monoisotopic (exact) mass is 398 g/mol. The second-order valence-corrected chi connectivity index (χ2v) is 7.00. The molecule has 0 radical (unpaired) electrons. The Morgan fingerprint density at radius 2 is 1.40 bits per heavy atom. The molecule has 3 amide bonds. The van der Waals surface area contributed by atoms with E-state index in [1.807, 2.05) is 0 Å². The Bertz CT molecular complexity index is 1200. The summed E-state index contributed by atoms with van der Waals surface area (Å²) in [6, 6.07) is 18.5. The van der Waals surface area contributed by atoms with Gasteiger partial charge in [0.2, 0.25) is 0 Å². The fourth-order valence-corrected chi connectivity index (χ4v) is 3.65. The predicted molar refractivity (Wildman–Crippen MR) is 113 cm³/mol. The highest BCUT2D eigenvalue weighted by Gasteiger charge is 2.41. The number of imide groups is 1. The molecule has 1 N–H and O–H groups in total. The zero-order chi connectivity index (χ0) is 21.4. The Morgan fingerprint density at radius 3 is 2.00 bits per heavy atom. The minimum absolute atomic E-state index is 0.0932. The van der Waals surface area contributed by atoms with E-state index in [9.17, 15) is 19.2 Å². The summed E-state index contributed by atoms with van der Waals surface area (Å²) in [6.07, 6.45) is 0. The molecule has 0 spiro atoms. The summed E-state index contributed by atoms with van der Waals surface area (Å²) in [5, 5.41) is 2.71. The topological polar surface area (TPSA) is 83.6 Å². The fourth-order valence-electron chi connectivity index (χ4n) is 3.65. The maximum Gasteiger partial charge on any atom is 0.268 e. The highest BCUT2D eigenvalue weighted by molar-refractivity contribution is 6.37. The van der Waals surface area contributed by atoms with Gasteiger partial charge in [0.05, 0.1) is 22.5 Å². The van der Waals surface area contributed by atoms with E-state index in [2.05, 4.69) is 5.32 Å². The van der Waals surface area contributed by atoms with Crippen LogP contribution in [-0.4, -0.2) is 23.5 Å². The SMILES string of the molecule is CC(=O)c1cc(NC(=O)c2ccccc2)c2c(c1C)C(=O)N(c1ccccc1)C2=O. The van der Waals surface area contributed by atoms with Crippen molar-refractivity contribution in [3.05, 3.63) is 94.5 Å². The van der Waals surface area contributed by atoms with Crippen LogP contribution in [0, 0.1) is 6.92 Å². The minimum atomic E-state index is -0.539. The first-order valence-electron chi connectivity index (χ1n) is 9.39. The molecule has 6 heteroatoms. The molecule has 0 saturated carbocycles. The number of hydrogen-bond donors (Lipinski definition) is 1. The summed E-state index contributed by atoms with van der Waals surface area (Å²) in [7, 11) is 0. The van der Waals surface area contributed by atoms with Crippen LogP contribution in [0.5, 0.6) is 0 Å². The van der Waals surface area contributed by atoms with Crippen LogP contribution in [0.3, 0.4) is 0 Å². The van der Waals surface area contributed by atoms with Gasteiger partial charge in [-0.05, 0) is 49.7 Å². The third-order valence-corrected chi connectivity index (χ3v) is 5.10. The normalized spacial score (nSPS) is 12.7. The average Bonchev–Trinajstić information content (AvgIpc) is 3.02. The molecule has 30 heavy (non-hydrogen) atoms. The average molecular weight is 398 g/mol. The molecule has 0 unspecified atom stereocenters. The highest BCUT2D eigenvalue weighted by Crippen LogP contribution is 2.37. The molecule has 0 aromatic heterocycles. The van der Waals surface area contributed by atoms with Crippen molar-refractivity contribution >= 4 is 34.9 Å². The van der Waals surface area contributed by atoms with Crippen LogP contribution < -0.4 is 10.2 Å². The summed E-state index contributed by atoms with van der Waals surface area (Å²) in [5.41, 5.74) is 1.91. The standard InChI is InChI=1S/C24H18N2O4/c1-14-18(15(2)27)13-19(25-22(28)16-9-5-3-6-10-16)21-20(14)23(29)26(24(21)30)17-11-7-4-8-12-17/h3-13H,1-2H3,(H,25,28). The number of hydrogen-bond acceptors (Lipinski definition) is 4. The molecule has 3 aromatic carbocycles. The van der Waals surface area contributed by atoms with Gasteiger partial charge in [-0.15, -0.1) is 0 Å². The lowest BCUT2D eigenvalue weighted by Gasteiger charge is -2.14. The smallest absolute Gasteiger partial charge is 0.268 e. The number of anilines is 2. The van der Waals surface area contributed by atoms with Gasteiger partial charge in [-0.2, -0.15) is 0 Å². The molecule has 1 heterocycles. The van der Waals surface area contributed by atoms with Crippen molar-refractivity contribution in [1.29, 1.82) is 0 Å². The summed E-state index contributed by atoms with van der Waals surface area (Å²) in [5.74, 6) is -1.75. The number of Topliss-reactive ketones (excluding diaryl/α,β-unsaturated/α-hetero) is 1. The van der Waals surface area contributed by atoms with Crippen LogP contribution in [0.2, 0.25) is 0 Å². The number of para-hydroxylation sites is 1. The highest BCUT2D eigenvalue weighted by atomic mass is 16.2. The number of fused-ring (bicyclic) bond motifs is 1. The molecular weight excluding hydrogens is 380 g/mol. The van der Waals surface area contributed by atoms with Gasteiger partial charge in [-0.3, -0.25) is 19.2 Å². The van der Waals surface area contributed by atoms with E-state index in [4.69, 9.17) is 0 Å². The van der Waals surface area contributed by atoms with Crippen molar-refractivity contribution in [1.82, 2.24) is 0 Å². The van der Waals surface area contributed by atoms with Gasteiger partial charge in [-0.25, -0.2) is 4.90 Å². The second kappa shape index (κ2) is 7.40. The first-order valence-corrected chi connectivity index (χ1v) is 9.39. The van der Waals surface area contributed by atoms with Crippen LogP contribution >= 0.6 is 0 Å². The van der Waals surface area contributed by atoms with Crippen LogP contribution in [0.1, 0.15) is 53.9 Å². The first kappa shape index (κ1) is 19.3. The summed E-state index contributed by atoms with van der Waals surface area (Å²) < 4.78 is 0. The molecular formula is C24H18N2O4. The fraction of sp³-hybridized carbons (Fsp3) is 0.0833. The minimum Gasteiger partial charge on any atom is -0.321 e. The van der Waals surface area contributed by atoms with Gasteiger partial charge >= 0.3 is 0 Å². The third kappa shape index (κ3) is 3.08. The van der Waals surface area contributed by atoms with Crippen LogP contribution in [0.4, 0.5) is 11.4 Å². The van der Waals surface area contributed by atoms with Crippen molar-refractivity contribution in [3.8, 4) is 0 Å². The van der Waals surface area contributed by atoms with Crippen molar-refractivity contribution in [2.45, 2.75) is 13.8 Å². The molecule has 1 aliphatic rings. The van der Waals surface area contributed by atoms with Gasteiger partial charge in [0.1, 0.15) is 0 Å². The largest absolute Gasteiger partial charge is 0.321 e. The summed E-state index contributed by atoms with van der Waals surface area (Å²) in [4.78, 5) is 52.4. The van der Waals surface area contributed by atoms with Crippen molar-refractivity contribution in [3.63, 3.8) is 0 Å². The van der Waals surface area contributed by atoms with E-state index in [1.54, 1.807) is 67.6 Å². The Morgan fingerprint density at radius 1 is 0.833 bits per heavy atom. The number of amides is 3. The van der Waals surface area contributed by atoms with E-state index in [0.29, 0.717) is 16.8 Å². The number of rotatable bonds is 4. The van der Waals surface area contributed by atoms with Gasteiger partial charge in [0.15, 0.2) is 5.78 Å². The van der Waals surface area contributed by atoms with Crippen LogP contribution in [0.15, 0.2) is 66.7 Å². The Balaban J connectivity index is 1.87. The van der Waals surface area contributed by atoms with Gasteiger partial charge in [-0.1, -0.05) is 36.4 Å². The maximum atomic E-state index is 13.2. The summed E-state index contributed by atoms with van der Waals surface area (Å²) in [6.45, 7) is 3.02. The van der Waals surface area contributed by atoms with Crippen molar-refractivity contribution in [2.24, 2.45) is 0 Å². The number of carbonyl (C=O) groups excluding carboxylic acids is 4. The molecule has 0 saturated heterocycles. The van der Waals surface area contributed by atoms with E-state index in [0.717, 1.165) is 4.90 Å². The number of ketones is 1. The maximum absolute atomic E-state index is 13.2. The molecule has 6 nitrogen and oxygen atoms in total. The lowest BCUT2D eigenvalue weighted by atomic mass is 9.94. The lowest BCUT2D eigenvalue weighted by molar-refractivity contribution is 0.0925. The molecule has 148 valence electrons. The van der Waals surface area contributed by atoms with Gasteiger partial charge in [0.25, 0.3) is 17.7 Å².